The number of urea groups is 1. The molecule has 0 unspecified atom stereocenters. The topological polar surface area (TPSA) is 76.1 Å². The van der Waals surface area contributed by atoms with E-state index in [1.165, 1.54) is 12.1 Å². The molecule has 0 aliphatic carbocycles. The Morgan fingerprint density at radius 3 is 2.29 bits per heavy atom. The van der Waals surface area contributed by atoms with Gasteiger partial charge in [-0.3, -0.25) is 0 Å². The number of rotatable bonds is 4. The second kappa shape index (κ2) is 7.95. The fourth-order valence-electron chi connectivity index (χ4n) is 2.23. The average molecular weight is 388 g/mol. The average Bonchev–Trinajstić information content (AvgIpc) is 2.65. The number of amides is 2. The molecule has 0 radical (unpaired) electrons. The number of anilines is 2. The van der Waals surface area contributed by atoms with Gasteiger partial charge in [0, 0.05) is 17.4 Å². The standard InChI is InChI=1S/C19H15F3N4O2/c1-12-5-10-17(26-25-12)28-16-8-6-14(7-9-16)23-18(27)24-15-4-2-3-13(11-15)19(20,21)22/h2-11H,1H3,(H2,23,24,27). The van der Waals surface area contributed by atoms with E-state index in [0.29, 0.717) is 17.3 Å². The van der Waals surface area contributed by atoms with Gasteiger partial charge in [-0.15, -0.1) is 5.10 Å². The van der Waals surface area contributed by atoms with Crippen molar-refractivity contribution in [1.29, 1.82) is 0 Å². The molecule has 0 aliphatic rings. The Morgan fingerprint density at radius 1 is 0.929 bits per heavy atom. The van der Waals surface area contributed by atoms with Crippen molar-refractivity contribution in [2.75, 3.05) is 10.6 Å². The fourth-order valence-corrected chi connectivity index (χ4v) is 2.23. The molecule has 1 aromatic heterocycles. The second-order valence-electron chi connectivity index (χ2n) is 5.80. The molecule has 2 aromatic carbocycles. The van der Waals surface area contributed by atoms with Crippen molar-refractivity contribution in [2.24, 2.45) is 0 Å². The van der Waals surface area contributed by atoms with Crippen molar-refractivity contribution in [3.05, 3.63) is 71.9 Å². The van der Waals surface area contributed by atoms with Gasteiger partial charge in [-0.1, -0.05) is 6.07 Å². The van der Waals surface area contributed by atoms with E-state index >= 15 is 0 Å². The van der Waals surface area contributed by atoms with E-state index in [9.17, 15) is 18.0 Å². The lowest BCUT2D eigenvalue weighted by molar-refractivity contribution is -0.137. The fraction of sp³-hybridized carbons (Fsp3) is 0.105. The van der Waals surface area contributed by atoms with E-state index in [1.54, 1.807) is 36.4 Å². The molecule has 2 N–H and O–H groups in total. The summed E-state index contributed by atoms with van der Waals surface area (Å²) in [7, 11) is 0. The molecule has 6 nitrogen and oxygen atoms in total. The molecule has 0 fully saturated rings. The van der Waals surface area contributed by atoms with E-state index < -0.39 is 17.8 Å². The molecular weight excluding hydrogens is 373 g/mol. The van der Waals surface area contributed by atoms with E-state index in [2.05, 4.69) is 20.8 Å². The third-order valence-electron chi connectivity index (χ3n) is 3.56. The number of hydrogen-bond acceptors (Lipinski definition) is 4. The maximum Gasteiger partial charge on any atom is 0.416 e. The maximum absolute atomic E-state index is 12.7. The van der Waals surface area contributed by atoms with Crippen molar-refractivity contribution in [3.63, 3.8) is 0 Å². The summed E-state index contributed by atoms with van der Waals surface area (Å²) >= 11 is 0. The van der Waals surface area contributed by atoms with Crippen LogP contribution in [0.1, 0.15) is 11.3 Å². The lowest BCUT2D eigenvalue weighted by Crippen LogP contribution is -2.19. The summed E-state index contributed by atoms with van der Waals surface area (Å²) in [5, 5.41) is 12.7. The predicted octanol–water partition coefficient (Wildman–Crippen LogP) is 5.24. The van der Waals surface area contributed by atoms with Gasteiger partial charge in [0.25, 0.3) is 0 Å². The molecule has 144 valence electrons. The van der Waals surface area contributed by atoms with Crippen LogP contribution in [-0.4, -0.2) is 16.2 Å². The van der Waals surface area contributed by atoms with Crippen molar-refractivity contribution >= 4 is 17.4 Å². The van der Waals surface area contributed by atoms with Crippen molar-refractivity contribution in [2.45, 2.75) is 13.1 Å². The lowest BCUT2D eigenvalue weighted by Gasteiger charge is -2.11. The van der Waals surface area contributed by atoms with Gasteiger partial charge in [0.15, 0.2) is 0 Å². The van der Waals surface area contributed by atoms with Crippen molar-refractivity contribution < 1.29 is 22.7 Å². The zero-order chi connectivity index (χ0) is 20.1. The summed E-state index contributed by atoms with van der Waals surface area (Å²) < 4.78 is 43.7. The molecule has 2 amide bonds. The molecule has 1 heterocycles. The van der Waals surface area contributed by atoms with Crippen LogP contribution in [0.25, 0.3) is 0 Å². The molecule has 9 heteroatoms. The summed E-state index contributed by atoms with van der Waals surface area (Å²) in [6, 6.07) is 13.5. The van der Waals surface area contributed by atoms with Crippen LogP contribution in [0.5, 0.6) is 11.6 Å². The summed E-state index contributed by atoms with van der Waals surface area (Å²) in [6.07, 6.45) is -4.48. The third-order valence-corrected chi connectivity index (χ3v) is 3.56. The molecule has 0 atom stereocenters. The van der Waals surface area contributed by atoms with Crippen molar-refractivity contribution in [1.82, 2.24) is 10.2 Å². The number of carbonyl (C=O) groups is 1. The summed E-state index contributed by atoms with van der Waals surface area (Å²) in [5.41, 5.74) is 0.390. The SMILES string of the molecule is Cc1ccc(Oc2ccc(NC(=O)Nc3cccc(C(F)(F)F)c3)cc2)nn1. The third kappa shape index (κ3) is 5.19. The molecule has 0 saturated carbocycles. The van der Waals surface area contributed by atoms with Crippen LogP contribution in [0, 0.1) is 6.92 Å². The first-order valence-electron chi connectivity index (χ1n) is 8.13. The smallest absolute Gasteiger partial charge is 0.416 e. The summed E-state index contributed by atoms with van der Waals surface area (Å²) in [6.45, 7) is 1.81. The van der Waals surface area contributed by atoms with Crippen LogP contribution in [0.4, 0.5) is 29.3 Å². The van der Waals surface area contributed by atoms with E-state index in [0.717, 1.165) is 17.8 Å². The van der Waals surface area contributed by atoms with Gasteiger partial charge in [0.1, 0.15) is 5.75 Å². The predicted molar refractivity (Wildman–Crippen MR) is 97.4 cm³/mol. The van der Waals surface area contributed by atoms with Crippen LogP contribution in [-0.2, 0) is 6.18 Å². The van der Waals surface area contributed by atoms with Gasteiger partial charge in [0.2, 0.25) is 5.88 Å². The Kier molecular flexibility index (Phi) is 5.44. The monoisotopic (exact) mass is 388 g/mol. The van der Waals surface area contributed by atoms with Crippen molar-refractivity contribution in [3.8, 4) is 11.6 Å². The number of aromatic nitrogens is 2. The quantitative estimate of drug-likeness (QED) is 0.641. The van der Waals surface area contributed by atoms with Gasteiger partial charge in [-0.2, -0.15) is 18.3 Å². The highest BCUT2D eigenvalue weighted by atomic mass is 19.4. The summed E-state index contributed by atoms with van der Waals surface area (Å²) in [4.78, 5) is 12.0. The van der Waals surface area contributed by atoms with E-state index in [1.807, 2.05) is 6.92 Å². The number of hydrogen-bond donors (Lipinski definition) is 2. The van der Waals surface area contributed by atoms with Gasteiger partial charge in [0.05, 0.1) is 11.3 Å². The first kappa shape index (κ1) is 19.2. The number of nitrogens with zero attached hydrogens (tertiary/aromatic N) is 2. The molecule has 0 spiro atoms. The largest absolute Gasteiger partial charge is 0.438 e. The molecule has 28 heavy (non-hydrogen) atoms. The van der Waals surface area contributed by atoms with Crippen LogP contribution in [0.2, 0.25) is 0 Å². The number of ether oxygens (including phenoxy) is 1. The highest BCUT2D eigenvalue weighted by Gasteiger charge is 2.30. The minimum Gasteiger partial charge on any atom is -0.438 e. The minimum atomic E-state index is -4.48. The Hall–Kier alpha value is -3.62. The Bertz CT molecular complexity index is 958. The second-order valence-corrected chi connectivity index (χ2v) is 5.80. The molecular formula is C19H15F3N4O2. The number of carbonyl (C=O) groups excluding carboxylic acids is 1. The molecule has 0 aliphatic heterocycles. The first-order valence-corrected chi connectivity index (χ1v) is 8.13. The Morgan fingerprint density at radius 2 is 1.64 bits per heavy atom. The Balaban J connectivity index is 1.59. The minimum absolute atomic E-state index is 0.0326. The van der Waals surface area contributed by atoms with Gasteiger partial charge < -0.3 is 15.4 Å². The van der Waals surface area contributed by atoms with E-state index in [-0.39, 0.29) is 5.69 Å². The zero-order valence-electron chi connectivity index (χ0n) is 14.6. The maximum atomic E-state index is 12.7. The normalized spacial score (nSPS) is 11.0. The van der Waals surface area contributed by atoms with Crippen LogP contribution >= 0.6 is 0 Å². The number of nitrogens with one attached hydrogen (secondary N) is 2. The molecule has 0 saturated heterocycles. The highest BCUT2D eigenvalue weighted by Crippen LogP contribution is 2.30. The number of benzene rings is 2. The van der Waals surface area contributed by atoms with Crippen LogP contribution in [0.3, 0.4) is 0 Å². The highest BCUT2D eigenvalue weighted by molar-refractivity contribution is 5.99. The first-order chi connectivity index (χ1) is 13.3. The molecule has 3 aromatic rings. The number of aryl methyl sites for hydroxylation is 1. The summed E-state index contributed by atoms with van der Waals surface area (Å²) in [5.74, 6) is 0.815. The molecule has 3 rings (SSSR count). The van der Waals surface area contributed by atoms with Gasteiger partial charge >= 0.3 is 12.2 Å². The van der Waals surface area contributed by atoms with Gasteiger partial charge in [-0.25, -0.2) is 4.79 Å². The Labute approximate surface area is 158 Å². The molecule has 0 bridgehead atoms. The van der Waals surface area contributed by atoms with Crippen LogP contribution in [0.15, 0.2) is 60.7 Å². The zero-order valence-corrected chi connectivity index (χ0v) is 14.6. The van der Waals surface area contributed by atoms with E-state index in [4.69, 9.17) is 4.74 Å². The number of halogens is 3. The lowest BCUT2D eigenvalue weighted by atomic mass is 10.2. The van der Waals surface area contributed by atoms with Crippen LogP contribution < -0.4 is 15.4 Å². The number of alkyl halides is 3. The van der Waals surface area contributed by atoms with Gasteiger partial charge in [-0.05, 0) is 55.5 Å².